The summed E-state index contributed by atoms with van der Waals surface area (Å²) in [4.78, 5) is 21.3. The summed E-state index contributed by atoms with van der Waals surface area (Å²) in [7, 11) is 0. The molecule has 0 radical (unpaired) electrons. The number of hydrogen-bond donors (Lipinski definition) is 0. The molecule has 1 aliphatic carbocycles. The lowest BCUT2D eigenvalue weighted by atomic mass is 9.95. The molecular formula is C16H24N4O2. The highest BCUT2D eigenvalue weighted by Gasteiger charge is 2.31. The van der Waals surface area contributed by atoms with Crippen molar-refractivity contribution in [3.63, 3.8) is 0 Å². The second-order valence-corrected chi connectivity index (χ2v) is 6.90. The predicted molar refractivity (Wildman–Crippen MR) is 80.1 cm³/mol. The molecule has 3 fully saturated rings. The lowest BCUT2D eigenvalue weighted by Crippen LogP contribution is -2.41. The fourth-order valence-electron chi connectivity index (χ4n) is 3.56. The first-order chi connectivity index (χ1) is 10.8. The number of carbonyl (C=O) groups excluding carboxylic acids is 1. The van der Waals surface area contributed by atoms with Crippen LogP contribution in [0.2, 0.25) is 0 Å². The molecule has 0 N–H and O–H groups in total. The van der Waals surface area contributed by atoms with Crippen LogP contribution in [0, 0.1) is 5.92 Å². The molecule has 0 bridgehead atoms. The lowest BCUT2D eigenvalue weighted by molar-refractivity contribution is -0.136. The molecule has 0 aromatic carbocycles. The Morgan fingerprint density at radius 3 is 2.50 bits per heavy atom. The van der Waals surface area contributed by atoms with Gasteiger partial charge < -0.3 is 9.42 Å². The van der Waals surface area contributed by atoms with Crippen LogP contribution in [0.25, 0.3) is 0 Å². The average Bonchev–Trinajstić information content (AvgIpc) is 3.06. The van der Waals surface area contributed by atoms with E-state index in [-0.39, 0.29) is 5.92 Å². The second-order valence-electron chi connectivity index (χ2n) is 6.90. The molecule has 1 saturated carbocycles. The Balaban J connectivity index is 1.26. The molecule has 2 aliphatic heterocycles. The molecule has 0 atom stereocenters. The smallest absolute Gasteiger partial charge is 0.240 e. The molecule has 6 heteroatoms. The molecule has 3 aliphatic rings. The van der Waals surface area contributed by atoms with Crippen molar-refractivity contribution in [1.82, 2.24) is 19.9 Å². The third-order valence-corrected chi connectivity index (χ3v) is 5.14. The van der Waals surface area contributed by atoms with Crippen LogP contribution in [0.5, 0.6) is 0 Å². The van der Waals surface area contributed by atoms with Crippen LogP contribution in [0.3, 0.4) is 0 Å². The topological polar surface area (TPSA) is 62.5 Å². The van der Waals surface area contributed by atoms with Gasteiger partial charge in [0.25, 0.3) is 0 Å². The van der Waals surface area contributed by atoms with E-state index in [0.29, 0.717) is 11.8 Å². The van der Waals surface area contributed by atoms with Crippen molar-refractivity contribution in [3.05, 3.63) is 11.7 Å². The molecule has 0 unspecified atom stereocenters. The van der Waals surface area contributed by atoms with Gasteiger partial charge in [0, 0.05) is 24.9 Å². The highest BCUT2D eigenvalue weighted by molar-refractivity contribution is 5.79. The van der Waals surface area contributed by atoms with Crippen molar-refractivity contribution in [2.75, 3.05) is 26.2 Å². The van der Waals surface area contributed by atoms with Crippen LogP contribution < -0.4 is 0 Å². The summed E-state index contributed by atoms with van der Waals surface area (Å²) in [5, 5.41) is 4.07. The normalized spacial score (nSPS) is 24.1. The van der Waals surface area contributed by atoms with Gasteiger partial charge in [-0.3, -0.25) is 9.69 Å². The van der Waals surface area contributed by atoms with Crippen molar-refractivity contribution in [2.24, 2.45) is 5.92 Å². The number of hydrogen-bond acceptors (Lipinski definition) is 5. The van der Waals surface area contributed by atoms with E-state index in [0.717, 1.165) is 57.3 Å². The Kier molecular flexibility index (Phi) is 3.86. The van der Waals surface area contributed by atoms with Gasteiger partial charge in [-0.15, -0.1) is 0 Å². The second kappa shape index (κ2) is 5.99. The summed E-state index contributed by atoms with van der Waals surface area (Å²) >= 11 is 0. The summed E-state index contributed by atoms with van der Waals surface area (Å²) in [6.07, 6.45) is 6.65. The van der Waals surface area contributed by atoms with Crippen molar-refractivity contribution < 1.29 is 9.32 Å². The summed E-state index contributed by atoms with van der Waals surface area (Å²) < 4.78 is 5.35. The van der Waals surface area contributed by atoms with Gasteiger partial charge in [0.2, 0.25) is 11.8 Å². The maximum atomic E-state index is 12.4. The van der Waals surface area contributed by atoms with E-state index in [1.165, 1.54) is 25.7 Å². The first-order valence-corrected chi connectivity index (χ1v) is 8.63. The SMILES string of the molecule is O=C(C1CCN(Cc2nc(C3CC3)no2)CC1)N1CCCC1. The van der Waals surface area contributed by atoms with Crippen molar-refractivity contribution >= 4 is 5.91 Å². The van der Waals surface area contributed by atoms with Crippen LogP contribution >= 0.6 is 0 Å². The summed E-state index contributed by atoms with van der Waals surface area (Å²) in [5.41, 5.74) is 0. The number of likely N-dealkylation sites (tertiary alicyclic amines) is 2. The molecule has 1 aromatic rings. The average molecular weight is 304 g/mol. The third-order valence-electron chi connectivity index (χ3n) is 5.14. The van der Waals surface area contributed by atoms with E-state index in [4.69, 9.17) is 4.52 Å². The number of aromatic nitrogens is 2. The minimum absolute atomic E-state index is 0.221. The van der Waals surface area contributed by atoms with E-state index >= 15 is 0 Å². The minimum Gasteiger partial charge on any atom is -0.342 e. The van der Waals surface area contributed by atoms with Crippen LogP contribution in [-0.2, 0) is 11.3 Å². The fourth-order valence-corrected chi connectivity index (χ4v) is 3.56. The van der Waals surface area contributed by atoms with E-state index in [2.05, 4.69) is 19.9 Å². The molecule has 1 amide bonds. The van der Waals surface area contributed by atoms with Crippen LogP contribution in [0.15, 0.2) is 4.52 Å². The van der Waals surface area contributed by atoms with E-state index < -0.39 is 0 Å². The highest BCUT2D eigenvalue weighted by atomic mass is 16.5. The van der Waals surface area contributed by atoms with Crippen LogP contribution in [0.1, 0.15) is 56.2 Å². The Morgan fingerprint density at radius 2 is 1.82 bits per heavy atom. The molecule has 4 rings (SSSR count). The van der Waals surface area contributed by atoms with Gasteiger partial charge in [0.15, 0.2) is 5.82 Å². The molecule has 22 heavy (non-hydrogen) atoms. The van der Waals surface area contributed by atoms with E-state index in [1.807, 2.05) is 0 Å². The van der Waals surface area contributed by atoms with Gasteiger partial charge in [-0.25, -0.2) is 0 Å². The van der Waals surface area contributed by atoms with Crippen molar-refractivity contribution in [3.8, 4) is 0 Å². The highest BCUT2D eigenvalue weighted by Crippen LogP contribution is 2.38. The van der Waals surface area contributed by atoms with Crippen molar-refractivity contribution in [1.29, 1.82) is 0 Å². The number of carbonyl (C=O) groups is 1. The zero-order chi connectivity index (χ0) is 14.9. The molecular weight excluding hydrogens is 280 g/mol. The molecule has 2 saturated heterocycles. The first-order valence-electron chi connectivity index (χ1n) is 8.63. The van der Waals surface area contributed by atoms with Gasteiger partial charge in [-0.05, 0) is 51.6 Å². The number of amides is 1. The number of rotatable bonds is 4. The van der Waals surface area contributed by atoms with E-state index in [9.17, 15) is 4.79 Å². The Morgan fingerprint density at radius 1 is 1.09 bits per heavy atom. The van der Waals surface area contributed by atoms with Gasteiger partial charge in [-0.1, -0.05) is 5.16 Å². The zero-order valence-corrected chi connectivity index (χ0v) is 13.0. The Hall–Kier alpha value is -1.43. The predicted octanol–water partition coefficient (Wildman–Crippen LogP) is 1.78. The number of piperidine rings is 1. The minimum atomic E-state index is 0.221. The maximum Gasteiger partial charge on any atom is 0.240 e. The molecule has 6 nitrogen and oxygen atoms in total. The standard InChI is InChI=1S/C16H24N4O2/c21-16(20-7-1-2-8-20)13-5-9-19(10-6-13)11-14-17-15(18-22-14)12-3-4-12/h12-13H,1-11H2. The third kappa shape index (κ3) is 3.02. The quantitative estimate of drug-likeness (QED) is 0.848. The molecule has 3 heterocycles. The van der Waals surface area contributed by atoms with Gasteiger partial charge >= 0.3 is 0 Å². The van der Waals surface area contributed by atoms with E-state index in [1.54, 1.807) is 0 Å². The molecule has 0 spiro atoms. The largest absolute Gasteiger partial charge is 0.342 e. The summed E-state index contributed by atoms with van der Waals surface area (Å²) in [6, 6.07) is 0. The maximum absolute atomic E-state index is 12.4. The van der Waals surface area contributed by atoms with Gasteiger partial charge in [0.05, 0.1) is 6.54 Å². The molecule has 1 aromatic heterocycles. The Labute approximate surface area is 130 Å². The first kappa shape index (κ1) is 14.2. The van der Waals surface area contributed by atoms with Crippen molar-refractivity contribution in [2.45, 2.75) is 51.0 Å². The Bertz CT molecular complexity index is 526. The van der Waals surface area contributed by atoms with Gasteiger partial charge in [0.1, 0.15) is 0 Å². The lowest BCUT2D eigenvalue weighted by Gasteiger charge is -2.32. The molecule has 120 valence electrons. The summed E-state index contributed by atoms with van der Waals surface area (Å²) in [5.74, 6) is 2.76. The monoisotopic (exact) mass is 304 g/mol. The van der Waals surface area contributed by atoms with Crippen LogP contribution in [0.4, 0.5) is 0 Å². The fraction of sp³-hybridized carbons (Fsp3) is 0.812. The van der Waals surface area contributed by atoms with Gasteiger partial charge in [-0.2, -0.15) is 4.98 Å². The number of nitrogens with zero attached hydrogens (tertiary/aromatic N) is 4. The summed E-state index contributed by atoms with van der Waals surface area (Å²) in [6.45, 7) is 4.55. The zero-order valence-electron chi connectivity index (χ0n) is 13.0. The van der Waals surface area contributed by atoms with Crippen LogP contribution in [-0.4, -0.2) is 52.0 Å².